The number of ketones is 2. The van der Waals surface area contributed by atoms with E-state index in [0.29, 0.717) is 43.9 Å². The highest BCUT2D eigenvalue weighted by Crippen LogP contribution is 2.64. The van der Waals surface area contributed by atoms with Gasteiger partial charge in [-0.25, -0.2) is 0 Å². The lowest BCUT2D eigenvalue weighted by atomic mass is 9.44. The van der Waals surface area contributed by atoms with Gasteiger partial charge in [-0.1, -0.05) is 99.8 Å². The lowest BCUT2D eigenvalue weighted by Gasteiger charge is -2.55. The second-order valence-corrected chi connectivity index (χ2v) is 14.3. The fourth-order valence-electron chi connectivity index (χ4n) is 8.82. The molecule has 238 valence electrons. The number of hydrogen-bond acceptors (Lipinski definition) is 5. The first-order valence-corrected chi connectivity index (χ1v) is 17.1. The molecule has 48 heavy (non-hydrogen) atoms. The Balaban J connectivity index is 1.37. The molecule has 0 bridgehead atoms. The van der Waals surface area contributed by atoms with E-state index in [9.17, 15) is 19.5 Å². The van der Waals surface area contributed by atoms with Crippen molar-refractivity contribution in [3.63, 3.8) is 0 Å². The molecule has 6 nitrogen and oxygen atoms in total. The summed E-state index contributed by atoms with van der Waals surface area (Å²) in [5.74, 6) is -4.65. The molecule has 0 unspecified atom stereocenters. The number of anilines is 1. The van der Waals surface area contributed by atoms with Crippen LogP contribution in [0.3, 0.4) is 0 Å². The maximum absolute atomic E-state index is 15.1. The summed E-state index contributed by atoms with van der Waals surface area (Å²) in [7, 11) is 0. The Morgan fingerprint density at radius 2 is 1.50 bits per heavy atom. The number of carbonyl (C=O) groups excluding carboxylic acids is 4. The second kappa shape index (κ2) is 11.5. The number of halogens is 2. The summed E-state index contributed by atoms with van der Waals surface area (Å²) < 4.78 is 0.697. The van der Waals surface area contributed by atoms with Gasteiger partial charge in [0.05, 0.1) is 22.9 Å². The van der Waals surface area contributed by atoms with E-state index in [1.54, 1.807) is 42.5 Å². The molecule has 1 N–H and O–H groups in total. The Bertz CT molecular complexity index is 2080. The molecule has 0 radical (unpaired) electrons. The van der Waals surface area contributed by atoms with Crippen molar-refractivity contribution in [3.05, 3.63) is 147 Å². The molecule has 6 atom stereocenters. The van der Waals surface area contributed by atoms with Crippen LogP contribution in [-0.4, -0.2) is 28.5 Å². The van der Waals surface area contributed by atoms with Gasteiger partial charge in [0.25, 0.3) is 0 Å². The van der Waals surface area contributed by atoms with Crippen molar-refractivity contribution in [2.24, 2.45) is 23.7 Å². The van der Waals surface area contributed by atoms with E-state index < -0.39 is 35.0 Å². The number of benzene rings is 4. The van der Waals surface area contributed by atoms with E-state index in [1.165, 1.54) is 11.0 Å². The molecule has 3 aliphatic carbocycles. The Labute approximate surface area is 290 Å². The largest absolute Gasteiger partial charge is 0.508 e. The van der Waals surface area contributed by atoms with Gasteiger partial charge < -0.3 is 5.11 Å². The molecule has 4 aromatic rings. The van der Waals surface area contributed by atoms with Crippen LogP contribution in [0, 0.1) is 23.7 Å². The Morgan fingerprint density at radius 3 is 2.21 bits per heavy atom. The first-order chi connectivity index (χ1) is 23.2. The van der Waals surface area contributed by atoms with Crippen molar-refractivity contribution < 1.29 is 24.3 Å². The van der Waals surface area contributed by atoms with Crippen LogP contribution in [0.15, 0.2) is 125 Å². The topological polar surface area (TPSA) is 91.8 Å². The summed E-state index contributed by atoms with van der Waals surface area (Å²) in [4.78, 5) is 59.6. The molecule has 1 saturated heterocycles. The van der Waals surface area contributed by atoms with Crippen molar-refractivity contribution in [1.82, 2.24) is 0 Å². The molecule has 1 heterocycles. The van der Waals surface area contributed by atoms with Crippen molar-refractivity contribution in [1.29, 1.82) is 0 Å². The molecule has 2 amide bonds. The number of phenols is 1. The first kappa shape index (κ1) is 30.7. The molecule has 1 aliphatic heterocycles. The molecule has 4 aliphatic rings. The van der Waals surface area contributed by atoms with E-state index in [-0.39, 0.29) is 35.6 Å². The van der Waals surface area contributed by atoms with Gasteiger partial charge in [0.1, 0.15) is 5.75 Å². The minimum Gasteiger partial charge on any atom is -0.508 e. The number of allylic oxidation sites excluding steroid dienone is 4. The predicted octanol–water partition coefficient (Wildman–Crippen LogP) is 7.84. The molecular weight excluding hydrogens is 690 g/mol. The zero-order valence-electron chi connectivity index (χ0n) is 25.6. The molecule has 2 fully saturated rings. The Hall–Kier alpha value is -4.59. The number of Topliss-reactive ketones (excluding diaryl/α,β-unsaturated/α-hetero) is 1. The third-order valence-corrected chi connectivity index (χ3v) is 11.5. The van der Waals surface area contributed by atoms with E-state index in [0.717, 1.165) is 5.57 Å². The van der Waals surface area contributed by atoms with E-state index >= 15 is 4.79 Å². The molecule has 8 heteroatoms. The van der Waals surface area contributed by atoms with Gasteiger partial charge in [-0.3, -0.25) is 24.1 Å². The zero-order chi connectivity index (χ0) is 33.3. The van der Waals surface area contributed by atoms with Gasteiger partial charge in [0.15, 0.2) is 11.6 Å². The van der Waals surface area contributed by atoms with Crippen LogP contribution in [0.2, 0.25) is 5.02 Å². The van der Waals surface area contributed by atoms with Crippen molar-refractivity contribution >= 4 is 62.2 Å². The van der Waals surface area contributed by atoms with Gasteiger partial charge in [-0.05, 0) is 78.4 Å². The maximum Gasteiger partial charge on any atom is 0.238 e. The van der Waals surface area contributed by atoms with Crippen molar-refractivity contribution in [2.45, 2.75) is 24.2 Å². The van der Waals surface area contributed by atoms with Gasteiger partial charge in [0, 0.05) is 32.5 Å². The standard InChI is InChI=1S/C40H29BrClNO5/c41-24-11-18-33(44)31(19-24)36-27-16-17-28-35(39(48)43(38(28)47)26-14-12-25(42)13-15-26)30(27)20-32-37(46)29(22-7-3-1-4-8-22)21-34(45)40(32,36)23-9-5-2-6-10-23/h1-16,18-19,21,28,30,32,35-36,44H,17,20H2/t28-,30+,32-,35-,36+,40-/m0/s1. The number of imide groups is 1. The number of rotatable bonds is 4. The SMILES string of the molecule is O=C1C(c2ccccc2)=CC(=O)[C@@]2(c3ccccc3)[C@@H](c3cc(Br)ccc3O)C3=CC[C@@H]4C(=O)N(c5ccc(Cl)cc5)C(=O)[C@@H]4[C@@H]3C[C@@H]12. The van der Waals surface area contributed by atoms with Crippen molar-refractivity contribution in [3.8, 4) is 5.75 Å². The van der Waals surface area contributed by atoms with Crippen LogP contribution in [0.4, 0.5) is 5.69 Å². The highest BCUT2D eigenvalue weighted by Gasteiger charge is 2.66. The second-order valence-electron chi connectivity index (χ2n) is 13.0. The molecule has 0 spiro atoms. The van der Waals surface area contributed by atoms with Crippen molar-refractivity contribution in [2.75, 3.05) is 4.90 Å². The number of amides is 2. The minimum absolute atomic E-state index is 0.0179. The van der Waals surface area contributed by atoms with Crippen LogP contribution in [0.1, 0.15) is 35.4 Å². The molecule has 1 saturated carbocycles. The zero-order valence-corrected chi connectivity index (χ0v) is 27.9. The molecular formula is C40H29BrClNO5. The first-order valence-electron chi connectivity index (χ1n) is 15.9. The highest BCUT2D eigenvalue weighted by atomic mass is 79.9. The minimum atomic E-state index is -1.41. The third kappa shape index (κ3) is 4.44. The maximum atomic E-state index is 15.1. The average Bonchev–Trinajstić information content (AvgIpc) is 3.36. The number of carbonyl (C=O) groups is 4. The van der Waals surface area contributed by atoms with E-state index in [2.05, 4.69) is 15.9 Å². The molecule has 8 rings (SSSR count). The number of nitrogens with zero attached hydrogens (tertiary/aromatic N) is 1. The summed E-state index contributed by atoms with van der Waals surface area (Å²) in [6.45, 7) is 0. The molecule has 0 aromatic heterocycles. The fraction of sp³-hybridized carbons (Fsp3) is 0.200. The third-order valence-electron chi connectivity index (χ3n) is 10.8. The quantitative estimate of drug-likeness (QED) is 0.172. The summed E-state index contributed by atoms with van der Waals surface area (Å²) >= 11 is 9.70. The van der Waals surface area contributed by atoms with Gasteiger partial charge in [0.2, 0.25) is 11.8 Å². The number of phenolic OH excluding ortho intramolecular Hbond substituents is 1. The predicted molar refractivity (Wildman–Crippen MR) is 186 cm³/mol. The Morgan fingerprint density at radius 1 is 0.812 bits per heavy atom. The number of aromatic hydroxyl groups is 1. The Kier molecular flexibility index (Phi) is 7.38. The summed E-state index contributed by atoms with van der Waals surface area (Å²) in [6, 6.07) is 30.2. The fourth-order valence-corrected chi connectivity index (χ4v) is 9.32. The van der Waals surface area contributed by atoms with Crippen LogP contribution in [-0.2, 0) is 24.6 Å². The summed E-state index contributed by atoms with van der Waals surface area (Å²) in [5, 5.41) is 12.0. The van der Waals surface area contributed by atoms with Gasteiger partial charge in [-0.2, -0.15) is 0 Å². The highest BCUT2D eigenvalue weighted by molar-refractivity contribution is 9.10. The van der Waals surface area contributed by atoms with E-state index in [1.807, 2.05) is 66.7 Å². The number of hydrogen-bond donors (Lipinski definition) is 1. The summed E-state index contributed by atoms with van der Waals surface area (Å²) in [6.07, 6.45) is 3.94. The normalized spacial score (nSPS) is 28.0. The lowest BCUT2D eigenvalue weighted by molar-refractivity contribution is -0.135. The average molecular weight is 719 g/mol. The molecule has 4 aromatic carbocycles. The lowest BCUT2D eigenvalue weighted by Crippen LogP contribution is -2.58. The van der Waals surface area contributed by atoms with Crippen LogP contribution in [0.25, 0.3) is 5.57 Å². The van der Waals surface area contributed by atoms with Crippen LogP contribution < -0.4 is 4.90 Å². The summed E-state index contributed by atoms with van der Waals surface area (Å²) in [5.41, 5.74) is 1.94. The van der Waals surface area contributed by atoms with Gasteiger partial charge >= 0.3 is 0 Å². The monoisotopic (exact) mass is 717 g/mol. The van der Waals surface area contributed by atoms with Crippen LogP contribution in [0.5, 0.6) is 5.75 Å². The van der Waals surface area contributed by atoms with Gasteiger partial charge in [-0.15, -0.1) is 0 Å². The van der Waals surface area contributed by atoms with E-state index in [4.69, 9.17) is 11.6 Å². The van der Waals surface area contributed by atoms with Crippen LogP contribution >= 0.6 is 27.5 Å². The number of fused-ring (bicyclic) bond motifs is 4. The smallest absolute Gasteiger partial charge is 0.238 e.